The van der Waals surface area contributed by atoms with Crippen molar-refractivity contribution in [2.75, 3.05) is 32.8 Å². The van der Waals surface area contributed by atoms with Crippen molar-refractivity contribution >= 4 is 5.78 Å². The highest BCUT2D eigenvalue weighted by Crippen LogP contribution is 2.41. The number of benzene rings is 2. The maximum Gasteiger partial charge on any atom is 0.229 e. The Morgan fingerprint density at radius 1 is 1.03 bits per heavy atom. The molecule has 2 aromatic carbocycles. The summed E-state index contributed by atoms with van der Waals surface area (Å²) in [5, 5.41) is 74.8. The molecular weight excluding hydrogens is 500 g/mol. The number of hydrogen-bond acceptors (Lipinski definition) is 12. The van der Waals surface area contributed by atoms with Crippen molar-refractivity contribution in [2.45, 2.75) is 50.1 Å². The van der Waals surface area contributed by atoms with E-state index in [1.807, 2.05) is 4.90 Å². The van der Waals surface area contributed by atoms with Gasteiger partial charge in [-0.2, -0.15) is 0 Å². The molecule has 2 fully saturated rings. The number of aromatic hydroxyl groups is 3. The van der Waals surface area contributed by atoms with Gasteiger partial charge in [-0.1, -0.05) is 12.1 Å². The van der Waals surface area contributed by atoms with Crippen LogP contribution in [0.5, 0.6) is 23.0 Å². The lowest BCUT2D eigenvalue weighted by Gasteiger charge is -2.39. The number of aliphatic hydroxyl groups excluding tert-OH is 4. The second-order valence-electron chi connectivity index (χ2n) is 9.53. The molecule has 0 aromatic heterocycles. The molecule has 0 unspecified atom stereocenters. The number of ether oxygens (including phenoxy) is 2. The molecule has 0 bridgehead atoms. The Hall–Kier alpha value is -2.97. The zero-order valence-electron chi connectivity index (χ0n) is 20.7. The van der Waals surface area contributed by atoms with Crippen molar-refractivity contribution in [1.29, 1.82) is 0 Å². The summed E-state index contributed by atoms with van der Waals surface area (Å²) in [6.45, 7) is 2.32. The lowest BCUT2D eigenvalue weighted by molar-refractivity contribution is -0.277. The van der Waals surface area contributed by atoms with E-state index >= 15 is 0 Å². The van der Waals surface area contributed by atoms with Crippen LogP contribution in [0.4, 0.5) is 0 Å². The zero-order valence-corrected chi connectivity index (χ0v) is 20.7. The molecule has 0 radical (unpaired) electrons. The van der Waals surface area contributed by atoms with Gasteiger partial charge in [0.15, 0.2) is 5.78 Å². The molecule has 38 heavy (non-hydrogen) atoms. The van der Waals surface area contributed by atoms with Crippen LogP contribution in [0.25, 0.3) is 0 Å². The van der Waals surface area contributed by atoms with Gasteiger partial charge in [0, 0.05) is 45.2 Å². The van der Waals surface area contributed by atoms with Crippen molar-refractivity contribution in [3.63, 3.8) is 0 Å². The first kappa shape index (κ1) is 28.0. The number of nitrogens with one attached hydrogen (secondary N) is 1. The topological polar surface area (TPSA) is 192 Å². The normalized spacial score (nSPS) is 26.3. The van der Waals surface area contributed by atoms with Crippen LogP contribution in [0.2, 0.25) is 0 Å². The van der Waals surface area contributed by atoms with E-state index in [1.54, 1.807) is 12.1 Å². The lowest BCUT2D eigenvalue weighted by atomic mass is 9.97. The molecule has 4 rings (SSSR count). The summed E-state index contributed by atoms with van der Waals surface area (Å²) in [5.41, 5.74) is 0.677. The molecule has 12 heteroatoms. The van der Waals surface area contributed by atoms with E-state index in [0.717, 1.165) is 24.7 Å². The molecular formula is C26H34N2O10. The van der Waals surface area contributed by atoms with Gasteiger partial charge in [0.2, 0.25) is 6.29 Å². The van der Waals surface area contributed by atoms with Gasteiger partial charge in [-0.25, -0.2) is 0 Å². The molecule has 0 aliphatic carbocycles. The molecule has 2 aromatic rings. The molecule has 8 N–H and O–H groups in total. The first-order valence-electron chi connectivity index (χ1n) is 12.5. The predicted molar refractivity (Wildman–Crippen MR) is 133 cm³/mol. The second kappa shape index (κ2) is 12.3. The van der Waals surface area contributed by atoms with Gasteiger partial charge < -0.3 is 50.5 Å². The van der Waals surface area contributed by atoms with Crippen LogP contribution in [0.1, 0.15) is 27.9 Å². The number of aliphatic hydroxyl groups is 4. The Bertz CT molecular complexity index is 1100. The molecule has 2 aliphatic rings. The molecule has 0 spiro atoms. The predicted octanol–water partition coefficient (Wildman–Crippen LogP) is -0.797. The number of phenols is 3. The quantitative estimate of drug-likeness (QED) is 0.187. The van der Waals surface area contributed by atoms with Crippen LogP contribution in [0.3, 0.4) is 0 Å². The number of carbonyl (C=O) groups excluding carboxylic acids is 1. The van der Waals surface area contributed by atoms with E-state index in [4.69, 9.17) is 9.47 Å². The van der Waals surface area contributed by atoms with E-state index < -0.39 is 48.8 Å². The highest BCUT2D eigenvalue weighted by Gasteiger charge is 2.45. The smallest absolute Gasteiger partial charge is 0.229 e. The third-order valence-corrected chi connectivity index (χ3v) is 6.88. The fourth-order valence-corrected chi connectivity index (χ4v) is 4.62. The number of piperazine rings is 1. The molecule has 5 atom stereocenters. The largest absolute Gasteiger partial charge is 0.508 e. The van der Waals surface area contributed by atoms with E-state index in [2.05, 4.69) is 5.32 Å². The van der Waals surface area contributed by atoms with E-state index in [-0.39, 0.29) is 47.8 Å². The molecule has 2 heterocycles. The van der Waals surface area contributed by atoms with Crippen molar-refractivity contribution in [1.82, 2.24) is 10.2 Å². The summed E-state index contributed by atoms with van der Waals surface area (Å²) in [6.07, 6.45) is -7.71. The standard InChI is InChI=1S/C26H34N2O10/c29-13-20-23(34)24(35)25(36)26(38-20)37-19-11-18(32)16(12-28-9-7-27-8-10-28)22(33)21(19)17(31)6-3-14-1-4-15(30)5-2-14/h1-2,4-5,11,20,23-27,29-30,32-36H,3,6-10,12-13H2/t20-,23-,24+,25-,26-/m1/s1. The van der Waals surface area contributed by atoms with Crippen LogP contribution >= 0.6 is 0 Å². The highest BCUT2D eigenvalue weighted by atomic mass is 16.7. The molecule has 0 saturated carbocycles. The van der Waals surface area contributed by atoms with Crippen LogP contribution in [-0.4, -0.2) is 110 Å². The number of carbonyl (C=O) groups is 1. The lowest BCUT2D eigenvalue weighted by Crippen LogP contribution is -2.60. The van der Waals surface area contributed by atoms with Crippen molar-refractivity contribution in [3.8, 4) is 23.0 Å². The SMILES string of the molecule is O=C(CCc1ccc(O)cc1)c1c(O[C@@H]2O[C@H](CO)[C@@H](O)[C@H](O)[C@H]2O)cc(O)c(CN2CCNCC2)c1O. The monoisotopic (exact) mass is 534 g/mol. The van der Waals surface area contributed by atoms with Crippen molar-refractivity contribution < 1.29 is 50.0 Å². The second-order valence-corrected chi connectivity index (χ2v) is 9.53. The first-order valence-corrected chi connectivity index (χ1v) is 12.5. The third kappa shape index (κ3) is 6.18. The first-order chi connectivity index (χ1) is 18.2. The van der Waals surface area contributed by atoms with Crippen molar-refractivity contribution in [2.24, 2.45) is 0 Å². The van der Waals surface area contributed by atoms with Crippen LogP contribution in [-0.2, 0) is 17.7 Å². The Kier molecular flexibility index (Phi) is 9.05. The fraction of sp³-hybridized carbons (Fsp3) is 0.500. The minimum absolute atomic E-state index is 0.0543. The van der Waals surface area contributed by atoms with Gasteiger partial charge in [-0.15, -0.1) is 0 Å². The summed E-state index contributed by atoms with van der Waals surface area (Å²) < 4.78 is 11.1. The number of Topliss-reactive ketones (excluding diaryl/α,β-unsaturated/α-hetero) is 1. The Labute approximate surface area is 219 Å². The van der Waals surface area contributed by atoms with E-state index in [9.17, 15) is 40.5 Å². The van der Waals surface area contributed by atoms with Crippen LogP contribution in [0, 0.1) is 0 Å². The van der Waals surface area contributed by atoms with Gasteiger partial charge in [0.1, 0.15) is 53.0 Å². The third-order valence-electron chi connectivity index (χ3n) is 6.88. The number of rotatable bonds is 9. The molecule has 12 nitrogen and oxygen atoms in total. The number of aryl methyl sites for hydroxylation is 1. The maximum atomic E-state index is 13.4. The van der Waals surface area contributed by atoms with Gasteiger partial charge in [0.25, 0.3) is 0 Å². The fourth-order valence-electron chi connectivity index (χ4n) is 4.62. The van der Waals surface area contributed by atoms with Gasteiger partial charge in [-0.05, 0) is 24.1 Å². The van der Waals surface area contributed by atoms with Crippen molar-refractivity contribution in [3.05, 3.63) is 47.0 Å². The Morgan fingerprint density at radius 3 is 2.37 bits per heavy atom. The Balaban J connectivity index is 1.65. The molecule has 0 amide bonds. The maximum absolute atomic E-state index is 13.4. The highest BCUT2D eigenvalue weighted by molar-refractivity contribution is 6.02. The molecule has 2 aliphatic heterocycles. The van der Waals surface area contributed by atoms with Gasteiger partial charge >= 0.3 is 0 Å². The average Bonchev–Trinajstić information content (AvgIpc) is 2.91. The zero-order chi connectivity index (χ0) is 27.4. The minimum Gasteiger partial charge on any atom is -0.508 e. The number of phenolic OH excluding ortho intramolecular Hbond substituents is 3. The van der Waals surface area contributed by atoms with Gasteiger partial charge in [0.05, 0.1) is 12.2 Å². The Morgan fingerprint density at radius 2 is 1.71 bits per heavy atom. The number of hydrogen-bond donors (Lipinski definition) is 8. The summed E-state index contributed by atoms with van der Waals surface area (Å²) in [7, 11) is 0. The molecule has 208 valence electrons. The summed E-state index contributed by atoms with van der Waals surface area (Å²) in [6, 6.07) is 7.47. The molecule has 2 saturated heterocycles. The summed E-state index contributed by atoms with van der Waals surface area (Å²) in [4.78, 5) is 15.4. The van der Waals surface area contributed by atoms with Gasteiger partial charge in [-0.3, -0.25) is 9.69 Å². The summed E-state index contributed by atoms with van der Waals surface area (Å²) >= 11 is 0. The van der Waals surface area contributed by atoms with Crippen LogP contribution in [0.15, 0.2) is 30.3 Å². The van der Waals surface area contributed by atoms with E-state index in [0.29, 0.717) is 13.1 Å². The number of nitrogens with zero attached hydrogens (tertiary/aromatic N) is 1. The van der Waals surface area contributed by atoms with E-state index in [1.165, 1.54) is 12.1 Å². The minimum atomic E-state index is -1.75. The average molecular weight is 535 g/mol. The summed E-state index contributed by atoms with van der Waals surface area (Å²) in [5.74, 6) is -1.53. The number of ketones is 1. The van der Waals surface area contributed by atoms with Crippen LogP contribution < -0.4 is 10.1 Å².